The predicted octanol–water partition coefficient (Wildman–Crippen LogP) is 4.79. The van der Waals surface area contributed by atoms with Crippen molar-refractivity contribution >= 4 is 11.3 Å². The molecule has 1 heterocycles. The number of nitrogens with one attached hydrogen (secondary N) is 1. The van der Waals surface area contributed by atoms with Crippen LogP contribution in [0.25, 0.3) is 0 Å². The lowest BCUT2D eigenvalue weighted by molar-refractivity contribution is 0.502. The van der Waals surface area contributed by atoms with Gasteiger partial charge in [0.2, 0.25) is 0 Å². The standard InChI is InChI=1S/C17H21F2NS/c1-4-12-6-7-13(21-12)9-17(20-5-2)14-8-11(3)15(18)10-16(14)19/h6-8,10,17,20H,4-5,9H2,1-3H3. The highest BCUT2D eigenvalue weighted by molar-refractivity contribution is 7.11. The molecule has 1 N–H and O–H groups in total. The van der Waals surface area contributed by atoms with Crippen LogP contribution in [0.3, 0.4) is 0 Å². The molecule has 114 valence electrons. The average Bonchev–Trinajstić information content (AvgIpc) is 2.90. The van der Waals surface area contributed by atoms with Gasteiger partial charge in [-0.3, -0.25) is 0 Å². The zero-order valence-electron chi connectivity index (χ0n) is 12.7. The molecule has 4 heteroatoms. The molecule has 0 aliphatic heterocycles. The zero-order chi connectivity index (χ0) is 15.4. The lowest BCUT2D eigenvalue weighted by atomic mass is 10.00. The molecule has 1 aromatic carbocycles. The third-order valence-electron chi connectivity index (χ3n) is 3.57. The fourth-order valence-electron chi connectivity index (χ4n) is 2.41. The van der Waals surface area contributed by atoms with E-state index in [1.807, 2.05) is 6.92 Å². The fourth-order valence-corrected chi connectivity index (χ4v) is 3.41. The van der Waals surface area contributed by atoms with Gasteiger partial charge >= 0.3 is 0 Å². The van der Waals surface area contributed by atoms with Crippen molar-refractivity contribution < 1.29 is 8.78 Å². The quantitative estimate of drug-likeness (QED) is 0.809. The summed E-state index contributed by atoms with van der Waals surface area (Å²) in [5, 5.41) is 3.31. The highest BCUT2D eigenvalue weighted by Crippen LogP contribution is 2.27. The van der Waals surface area contributed by atoms with E-state index in [-0.39, 0.29) is 6.04 Å². The van der Waals surface area contributed by atoms with Gasteiger partial charge in [-0.25, -0.2) is 8.78 Å². The Kier molecular flexibility index (Phi) is 5.48. The van der Waals surface area contributed by atoms with Crippen molar-refractivity contribution in [3.8, 4) is 0 Å². The van der Waals surface area contributed by atoms with E-state index < -0.39 is 11.6 Å². The van der Waals surface area contributed by atoms with Crippen LogP contribution in [0.2, 0.25) is 0 Å². The fraction of sp³-hybridized carbons (Fsp3) is 0.412. The maximum absolute atomic E-state index is 14.1. The number of rotatable bonds is 6. The van der Waals surface area contributed by atoms with Crippen molar-refractivity contribution in [2.45, 2.75) is 39.7 Å². The monoisotopic (exact) mass is 309 g/mol. The van der Waals surface area contributed by atoms with Crippen LogP contribution in [-0.4, -0.2) is 6.54 Å². The van der Waals surface area contributed by atoms with Gasteiger partial charge in [-0.05, 0) is 43.7 Å². The number of hydrogen-bond acceptors (Lipinski definition) is 2. The first kappa shape index (κ1) is 16.1. The van der Waals surface area contributed by atoms with Crippen LogP contribution in [0.15, 0.2) is 24.3 Å². The average molecular weight is 309 g/mol. The van der Waals surface area contributed by atoms with E-state index in [1.165, 1.54) is 9.75 Å². The summed E-state index contributed by atoms with van der Waals surface area (Å²) in [6.07, 6.45) is 1.74. The van der Waals surface area contributed by atoms with E-state index in [1.54, 1.807) is 24.3 Å². The molecule has 0 bridgehead atoms. The Labute approximate surface area is 129 Å². The molecule has 0 aliphatic rings. The number of likely N-dealkylation sites (N-methyl/N-ethyl adjacent to an activating group) is 1. The molecular weight excluding hydrogens is 288 g/mol. The SMILES string of the molecule is CCNC(Cc1ccc(CC)s1)c1cc(C)c(F)cc1F. The van der Waals surface area contributed by atoms with Crippen molar-refractivity contribution in [1.82, 2.24) is 5.32 Å². The molecule has 0 saturated carbocycles. The van der Waals surface area contributed by atoms with Crippen LogP contribution >= 0.6 is 11.3 Å². The Hall–Kier alpha value is -1.26. The van der Waals surface area contributed by atoms with Gasteiger partial charge in [0.15, 0.2) is 0 Å². The van der Waals surface area contributed by atoms with Gasteiger partial charge in [0, 0.05) is 33.8 Å². The summed E-state index contributed by atoms with van der Waals surface area (Å²) < 4.78 is 27.5. The highest BCUT2D eigenvalue weighted by Gasteiger charge is 2.18. The summed E-state index contributed by atoms with van der Waals surface area (Å²) in [7, 11) is 0. The second-order valence-corrected chi connectivity index (χ2v) is 6.41. The molecule has 1 atom stereocenters. The van der Waals surface area contributed by atoms with Crippen LogP contribution < -0.4 is 5.32 Å². The third-order valence-corrected chi connectivity index (χ3v) is 4.83. The Morgan fingerprint density at radius 2 is 1.81 bits per heavy atom. The second kappa shape index (κ2) is 7.14. The summed E-state index contributed by atoms with van der Waals surface area (Å²) in [6, 6.07) is 6.70. The molecule has 21 heavy (non-hydrogen) atoms. The van der Waals surface area contributed by atoms with Crippen molar-refractivity contribution in [2.24, 2.45) is 0 Å². The summed E-state index contributed by atoms with van der Waals surface area (Å²) in [5.41, 5.74) is 1.02. The molecule has 1 aromatic heterocycles. The van der Waals surface area contributed by atoms with Gasteiger partial charge < -0.3 is 5.32 Å². The normalized spacial score (nSPS) is 12.6. The molecule has 0 fully saturated rings. The number of benzene rings is 1. The van der Waals surface area contributed by atoms with Crippen molar-refractivity contribution in [2.75, 3.05) is 6.54 Å². The number of aryl methyl sites for hydroxylation is 2. The molecule has 0 aliphatic carbocycles. The maximum Gasteiger partial charge on any atom is 0.130 e. The summed E-state index contributed by atoms with van der Waals surface area (Å²) >= 11 is 1.76. The van der Waals surface area contributed by atoms with E-state index in [2.05, 4.69) is 24.4 Å². The molecule has 1 unspecified atom stereocenters. The van der Waals surface area contributed by atoms with E-state index in [0.29, 0.717) is 11.1 Å². The largest absolute Gasteiger partial charge is 0.310 e. The van der Waals surface area contributed by atoms with E-state index in [4.69, 9.17) is 0 Å². The van der Waals surface area contributed by atoms with Gasteiger partial charge in [-0.2, -0.15) is 0 Å². The molecule has 0 spiro atoms. The smallest absolute Gasteiger partial charge is 0.130 e. The Balaban J connectivity index is 2.28. The molecule has 2 rings (SSSR count). The minimum Gasteiger partial charge on any atom is -0.310 e. The van der Waals surface area contributed by atoms with Gasteiger partial charge in [-0.15, -0.1) is 11.3 Å². The minimum atomic E-state index is -0.490. The molecular formula is C17H21F2NS. The minimum absolute atomic E-state index is 0.127. The zero-order valence-corrected chi connectivity index (χ0v) is 13.5. The summed E-state index contributed by atoms with van der Waals surface area (Å²) in [6.45, 7) is 6.53. The molecule has 1 nitrogen and oxygen atoms in total. The topological polar surface area (TPSA) is 12.0 Å². The van der Waals surface area contributed by atoms with E-state index in [0.717, 1.165) is 25.5 Å². The van der Waals surface area contributed by atoms with E-state index >= 15 is 0 Å². The van der Waals surface area contributed by atoms with Gasteiger partial charge in [0.05, 0.1) is 0 Å². The van der Waals surface area contributed by atoms with E-state index in [9.17, 15) is 8.78 Å². The summed E-state index contributed by atoms with van der Waals surface area (Å²) in [4.78, 5) is 2.55. The number of thiophene rings is 1. The highest BCUT2D eigenvalue weighted by atomic mass is 32.1. The van der Waals surface area contributed by atoms with Gasteiger partial charge in [-0.1, -0.05) is 13.8 Å². The lowest BCUT2D eigenvalue weighted by Crippen LogP contribution is -2.24. The van der Waals surface area contributed by atoms with Crippen molar-refractivity contribution in [1.29, 1.82) is 0 Å². The molecule has 0 saturated heterocycles. The Morgan fingerprint density at radius 1 is 1.10 bits per heavy atom. The maximum atomic E-state index is 14.1. The van der Waals surface area contributed by atoms with Crippen LogP contribution in [0, 0.1) is 18.6 Å². The molecule has 2 aromatic rings. The second-order valence-electron chi connectivity index (χ2n) is 5.16. The first-order valence-corrected chi connectivity index (χ1v) is 8.13. The van der Waals surface area contributed by atoms with Crippen LogP contribution in [0.4, 0.5) is 8.78 Å². The number of hydrogen-bond donors (Lipinski definition) is 1. The van der Waals surface area contributed by atoms with Crippen molar-refractivity contribution in [3.63, 3.8) is 0 Å². The number of halogens is 2. The van der Waals surface area contributed by atoms with Crippen LogP contribution in [0.1, 0.15) is 40.8 Å². The predicted molar refractivity (Wildman–Crippen MR) is 84.9 cm³/mol. The van der Waals surface area contributed by atoms with Gasteiger partial charge in [0.25, 0.3) is 0 Å². The third kappa shape index (κ3) is 3.89. The molecule has 0 radical (unpaired) electrons. The lowest BCUT2D eigenvalue weighted by Gasteiger charge is -2.19. The van der Waals surface area contributed by atoms with Gasteiger partial charge in [0.1, 0.15) is 11.6 Å². The first-order valence-electron chi connectivity index (χ1n) is 7.31. The first-order chi connectivity index (χ1) is 10.0. The Bertz CT molecular complexity index is 607. The van der Waals surface area contributed by atoms with Crippen molar-refractivity contribution in [3.05, 3.63) is 56.8 Å². The van der Waals surface area contributed by atoms with Crippen LogP contribution in [0.5, 0.6) is 0 Å². The van der Waals surface area contributed by atoms with Crippen LogP contribution in [-0.2, 0) is 12.8 Å². The Morgan fingerprint density at radius 3 is 2.43 bits per heavy atom. The summed E-state index contributed by atoms with van der Waals surface area (Å²) in [5.74, 6) is -0.966. The molecule has 0 amide bonds.